The minimum atomic E-state index is -1.79. The quantitative estimate of drug-likeness (QED) is 0.418. The summed E-state index contributed by atoms with van der Waals surface area (Å²) in [6.45, 7) is 0. The summed E-state index contributed by atoms with van der Waals surface area (Å²) >= 11 is 0. The monoisotopic (exact) mass is 228 g/mol. The van der Waals surface area contributed by atoms with E-state index in [1.807, 2.05) is 0 Å². The number of carboxylic acids is 2. The Morgan fingerprint density at radius 3 is 1.58 bits per heavy atom. The summed E-state index contributed by atoms with van der Waals surface area (Å²) in [6.07, 6.45) is -2.54. The van der Waals surface area contributed by atoms with E-state index < -0.39 is 24.5 Å². The molecule has 0 saturated carbocycles. The second kappa shape index (κ2) is 11.2. The second-order valence-corrected chi connectivity index (χ2v) is 1.45. The summed E-state index contributed by atoms with van der Waals surface area (Å²) in [4.78, 5) is 19.4. The second-order valence-electron chi connectivity index (χ2n) is 1.45. The molecule has 0 aromatic rings. The van der Waals surface area contributed by atoms with Gasteiger partial charge in [-0.25, -0.2) is 4.79 Å². The fourth-order valence-corrected chi connectivity index (χ4v) is 0.253. The fourth-order valence-electron chi connectivity index (χ4n) is 0.253. The van der Waals surface area contributed by atoms with E-state index in [1.165, 1.54) is 0 Å². The van der Waals surface area contributed by atoms with Crippen molar-refractivity contribution >= 4 is 35.0 Å². The Labute approximate surface area is 97.1 Å². The molecule has 0 bridgehead atoms. The molecule has 0 spiro atoms. The molecule has 0 aliphatic carbocycles. The van der Waals surface area contributed by atoms with Gasteiger partial charge in [-0.15, -0.1) is 0 Å². The van der Waals surface area contributed by atoms with Crippen molar-refractivity contribution in [1.29, 1.82) is 0 Å². The van der Waals surface area contributed by atoms with E-state index >= 15 is 0 Å². The summed E-state index contributed by atoms with van der Waals surface area (Å²) < 4.78 is 0. The topological polar surface area (TPSA) is 94.8 Å². The maximum Gasteiger partial charge on any atom is 2.00 e. The SMILES string of the molecule is O=C(O)CC(O)C(=O)O.[Cl-].[Cl-].[Mg+2]. The first-order chi connectivity index (χ1) is 4.04. The third-order valence-corrected chi connectivity index (χ3v) is 0.653. The van der Waals surface area contributed by atoms with E-state index in [2.05, 4.69) is 0 Å². The zero-order valence-corrected chi connectivity index (χ0v) is 8.83. The summed E-state index contributed by atoms with van der Waals surface area (Å²) in [7, 11) is 0. The average molecular weight is 229 g/mol. The number of aliphatic hydroxyl groups excluding tert-OH is 1. The van der Waals surface area contributed by atoms with Gasteiger partial charge in [0.25, 0.3) is 0 Å². The molecule has 0 heterocycles. The molecule has 0 radical (unpaired) electrons. The van der Waals surface area contributed by atoms with Crippen molar-refractivity contribution in [2.24, 2.45) is 0 Å². The van der Waals surface area contributed by atoms with E-state index in [4.69, 9.17) is 15.3 Å². The van der Waals surface area contributed by atoms with Crippen molar-refractivity contribution in [2.75, 3.05) is 0 Å². The average Bonchev–Trinajstić information content (AvgIpc) is 1.63. The molecule has 0 amide bonds. The standard InChI is InChI=1S/C4H6O5.2ClH.Mg/c5-2(4(8)9)1-3(6)7;;;/h2,5H,1H2,(H,6,7)(H,8,9);2*1H;/q;;;+2/p-2. The van der Waals surface area contributed by atoms with Crippen molar-refractivity contribution in [3.05, 3.63) is 0 Å². The van der Waals surface area contributed by atoms with Gasteiger partial charge in [-0.1, -0.05) is 0 Å². The Morgan fingerprint density at radius 2 is 1.50 bits per heavy atom. The predicted octanol–water partition coefficient (Wildman–Crippen LogP) is -7.47. The van der Waals surface area contributed by atoms with Crippen LogP contribution in [0.15, 0.2) is 0 Å². The molecule has 3 N–H and O–H groups in total. The predicted molar refractivity (Wildman–Crippen MR) is 31.6 cm³/mol. The third-order valence-electron chi connectivity index (χ3n) is 0.653. The van der Waals surface area contributed by atoms with Gasteiger partial charge in [-0.05, 0) is 0 Å². The Morgan fingerprint density at radius 1 is 1.17 bits per heavy atom. The third kappa shape index (κ3) is 12.9. The molecule has 12 heavy (non-hydrogen) atoms. The van der Waals surface area contributed by atoms with Crippen LogP contribution in [0.5, 0.6) is 0 Å². The molecule has 5 nitrogen and oxygen atoms in total. The van der Waals surface area contributed by atoms with Gasteiger partial charge >= 0.3 is 35.0 Å². The molecule has 0 aromatic heterocycles. The van der Waals surface area contributed by atoms with Crippen molar-refractivity contribution in [3.63, 3.8) is 0 Å². The number of aliphatic carboxylic acids is 2. The molecule has 68 valence electrons. The normalized spacial score (nSPS) is 9.42. The van der Waals surface area contributed by atoms with Crippen LogP contribution in [0.25, 0.3) is 0 Å². The summed E-state index contributed by atoms with van der Waals surface area (Å²) in [5.74, 6) is -2.85. The molecule has 8 heteroatoms. The van der Waals surface area contributed by atoms with Gasteiger partial charge < -0.3 is 40.1 Å². The first-order valence-electron chi connectivity index (χ1n) is 2.16. The zero-order valence-electron chi connectivity index (χ0n) is 5.91. The van der Waals surface area contributed by atoms with Gasteiger partial charge in [0, 0.05) is 0 Å². The first kappa shape index (κ1) is 22.8. The van der Waals surface area contributed by atoms with E-state index in [-0.39, 0.29) is 47.9 Å². The van der Waals surface area contributed by atoms with Crippen molar-refractivity contribution in [1.82, 2.24) is 0 Å². The fraction of sp³-hybridized carbons (Fsp3) is 0.500. The van der Waals surface area contributed by atoms with Gasteiger partial charge in [-0.2, -0.15) is 0 Å². The number of rotatable bonds is 3. The Kier molecular flexibility index (Phi) is 21.3. The minimum Gasteiger partial charge on any atom is -1.00 e. The molecule has 1 atom stereocenters. The number of halogens is 2. The Bertz CT molecular complexity index is 141. The summed E-state index contributed by atoms with van der Waals surface area (Å²) in [5.41, 5.74) is 0. The van der Waals surface area contributed by atoms with Crippen LogP contribution >= 0.6 is 0 Å². The smallest absolute Gasteiger partial charge is 1.00 e. The van der Waals surface area contributed by atoms with Gasteiger partial charge in [-0.3, -0.25) is 4.79 Å². The largest absolute Gasteiger partial charge is 2.00 e. The minimum absolute atomic E-state index is 0. The number of aliphatic hydroxyl groups is 1. The zero-order chi connectivity index (χ0) is 7.44. The number of carboxylic acid groups (broad SMARTS) is 2. The van der Waals surface area contributed by atoms with Crippen LogP contribution in [-0.2, 0) is 9.59 Å². The molecule has 0 aliphatic heterocycles. The van der Waals surface area contributed by atoms with E-state index in [0.717, 1.165) is 0 Å². The molecule has 0 fully saturated rings. The number of carbonyl (C=O) groups is 2. The Balaban J connectivity index is -0.000000107. The maximum atomic E-state index is 9.72. The molecule has 0 aliphatic rings. The molecular formula is C4H6Cl2MgO5. The van der Waals surface area contributed by atoms with Crippen molar-refractivity contribution in [2.45, 2.75) is 12.5 Å². The van der Waals surface area contributed by atoms with E-state index in [1.54, 1.807) is 0 Å². The van der Waals surface area contributed by atoms with Crippen LogP contribution in [0.2, 0.25) is 0 Å². The van der Waals surface area contributed by atoms with Crippen LogP contribution in [0, 0.1) is 0 Å². The van der Waals surface area contributed by atoms with Crippen LogP contribution in [-0.4, -0.2) is 56.4 Å². The molecule has 0 aromatic carbocycles. The van der Waals surface area contributed by atoms with Gasteiger partial charge in [0.05, 0.1) is 6.42 Å². The van der Waals surface area contributed by atoms with Gasteiger partial charge in [0.2, 0.25) is 0 Å². The summed E-state index contributed by atoms with van der Waals surface area (Å²) in [5, 5.41) is 24.1. The molecule has 0 saturated heterocycles. The van der Waals surface area contributed by atoms with Crippen LogP contribution in [0.1, 0.15) is 6.42 Å². The number of hydrogen-bond donors (Lipinski definition) is 3. The van der Waals surface area contributed by atoms with Crippen LogP contribution in [0.4, 0.5) is 0 Å². The van der Waals surface area contributed by atoms with Crippen molar-refractivity contribution < 1.29 is 49.7 Å². The van der Waals surface area contributed by atoms with Crippen LogP contribution < -0.4 is 24.8 Å². The molecule has 1 unspecified atom stereocenters. The maximum absolute atomic E-state index is 9.72. The number of hydrogen-bond acceptors (Lipinski definition) is 3. The summed E-state index contributed by atoms with van der Waals surface area (Å²) in [6, 6.07) is 0. The van der Waals surface area contributed by atoms with E-state index in [9.17, 15) is 9.59 Å². The van der Waals surface area contributed by atoms with Gasteiger partial charge in [0.1, 0.15) is 0 Å². The van der Waals surface area contributed by atoms with E-state index in [0.29, 0.717) is 0 Å². The molecule has 0 rings (SSSR count). The van der Waals surface area contributed by atoms with Crippen molar-refractivity contribution in [3.8, 4) is 0 Å². The van der Waals surface area contributed by atoms with Gasteiger partial charge in [0.15, 0.2) is 6.10 Å². The molecular weight excluding hydrogens is 223 g/mol. The van der Waals surface area contributed by atoms with Crippen LogP contribution in [0.3, 0.4) is 0 Å². The first-order valence-corrected chi connectivity index (χ1v) is 2.16. The Hall–Kier alpha value is 0.246.